The van der Waals surface area contributed by atoms with Crippen LogP contribution in [0.3, 0.4) is 0 Å². The van der Waals surface area contributed by atoms with Crippen molar-refractivity contribution in [2.45, 2.75) is 13.0 Å². The lowest BCUT2D eigenvalue weighted by Gasteiger charge is -2.16. The van der Waals surface area contributed by atoms with Gasteiger partial charge in [-0.15, -0.1) is 5.10 Å². The van der Waals surface area contributed by atoms with Gasteiger partial charge in [-0.1, -0.05) is 35.0 Å². The summed E-state index contributed by atoms with van der Waals surface area (Å²) >= 11 is 6.40. The number of amides is 1. The minimum absolute atomic E-state index is 0.162. The first-order valence-corrected chi connectivity index (χ1v) is 10.5. The second kappa shape index (κ2) is 9.70. The Morgan fingerprint density at radius 1 is 1.06 bits per heavy atom. The molecule has 0 aliphatic carbocycles. The van der Waals surface area contributed by atoms with Crippen LogP contribution in [0.4, 0.5) is 0 Å². The Kier molecular flexibility index (Phi) is 6.55. The van der Waals surface area contributed by atoms with E-state index < -0.39 is 0 Å². The van der Waals surface area contributed by atoms with E-state index in [2.05, 4.69) is 20.6 Å². The van der Waals surface area contributed by atoms with Crippen molar-refractivity contribution in [2.75, 3.05) is 14.2 Å². The highest BCUT2D eigenvalue weighted by Gasteiger charge is 2.24. The molecule has 1 unspecified atom stereocenters. The van der Waals surface area contributed by atoms with E-state index in [0.717, 1.165) is 5.56 Å². The summed E-state index contributed by atoms with van der Waals surface area (Å²) in [5, 5.41) is 11.9. The maximum absolute atomic E-state index is 13.3. The van der Waals surface area contributed by atoms with Crippen LogP contribution in [-0.2, 0) is 0 Å². The van der Waals surface area contributed by atoms with Gasteiger partial charge in [0.2, 0.25) is 0 Å². The fraction of sp³-hybridized carbons (Fsp3) is 0.167. The van der Waals surface area contributed by atoms with Crippen molar-refractivity contribution >= 4 is 17.5 Å². The van der Waals surface area contributed by atoms with Gasteiger partial charge < -0.3 is 14.8 Å². The molecule has 1 N–H and O–H groups in total. The molecule has 2 aromatic heterocycles. The summed E-state index contributed by atoms with van der Waals surface area (Å²) in [5.74, 6) is 0.813. The zero-order chi connectivity index (χ0) is 23.4. The summed E-state index contributed by atoms with van der Waals surface area (Å²) in [6, 6.07) is 16.0. The van der Waals surface area contributed by atoms with E-state index in [9.17, 15) is 4.79 Å². The highest BCUT2D eigenvalue weighted by atomic mass is 35.5. The molecule has 2 heterocycles. The molecule has 0 fully saturated rings. The van der Waals surface area contributed by atoms with Crippen LogP contribution in [0.25, 0.3) is 16.9 Å². The number of pyridine rings is 1. The van der Waals surface area contributed by atoms with Crippen molar-refractivity contribution in [3.05, 3.63) is 83.3 Å². The minimum atomic E-state index is -0.380. The molecule has 8 nitrogen and oxygen atoms in total. The first kappa shape index (κ1) is 22.3. The molecule has 0 bridgehead atoms. The second-order valence-corrected chi connectivity index (χ2v) is 7.61. The first-order valence-electron chi connectivity index (χ1n) is 10.2. The van der Waals surface area contributed by atoms with Crippen LogP contribution in [0.1, 0.15) is 29.0 Å². The molecule has 0 saturated heterocycles. The van der Waals surface area contributed by atoms with Gasteiger partial charge in [-0.25, -0.2) is 4.68 Å². The SMILES string of the molecule is COc1ccc(C(C)NC(=O)c2nnn(-c3ccccc3Cl)c2-c2cccnc2)cc1OC. The Morgan fingerprint density at radius 3 is 2.55 bits per heavy atom. The normalized spacial score (nSPS) is 11.6. The van der Waals surface area contributed by atoms with Crippen LogP contribution in [0.2, 0.25) is 5.02 Å². The zero-order valence-corrected chi connectivity index (χ0v) is 19.1. The fourth-order valence-electron chi connectivity index (χ4n) is 3.46. The number of carbonyl (C=O) groups is 1. The molecule has 0 aliphatic heterocycles. The number of nitrogens with one attached hydrogen (secondary N) is 1. The quantitative estimate of drug-likeness (QED) is 0.434. The lowest BCUT2D eigenvalue weighted by atomic mass is 10.1. The van der Waals surface area contributed by atoms with E-state index in [1.165, 1.54) is 0 Å². The molecular weight excluding hydrogens is 442 g/mol. The summed E-state index contributed by atoms with van der Waals surface area (Å²) in [6.45, 7) is 1.88. The summed E-state index contributed by atoms with van der Waals surface area (Å²) in [6.07, 6.45) is 3.31. The average molecular weight is 464 g/mol. The van der Waals surface area contributed by atoms with Gasteiger partial charge in [0, 0.05) is 18.0 Å². The predicted molar refractivity (Wildman–Crippen MR) is 125 cm³/mol. The first-order chi connectivity index (χ1) is 16.0. The largest absolute Gasteiger partial charge is 0.493 e. The van der Waals surface area contributed by atoms with E-state index in [1.54, 1.807) is 49.5 Å². The highest BCUT2D eigenvalue weighted by Crippen LogP contribution is 2.31. The number of hydrogen-bond acceptors (Lipinski definition) is 6. The average Bonchev–Trinajstić information content (AvgIpc) is 3.29. The standard InChI is InChI=1S/C24H22ClN5O3/c1-15(16-10-11-20(32-2)21(13-16)33-3)27-24(31)22-23(17-7-6-12-26-14-17)30(29-28-22)19-9-5-4-8-18(19)25/h4-15H,1-3H3,(H,27,31). The number of rotatable bonds is 7. The lowest BCUT2D eigenvalue weighted by molar-refractivity contribution is 0.0935. The molecule has 4 rings (SSSR count). The third-order valence-electron chi connectivity index (χ3n) is 5.16. The van der Waals surface area contributed by atoms with Gasteiger partial charge in [-0.05, 0) is 48.9 Å². The maximum Gasteiger partial charge on any atom is 0.274 e. The highest BCUT2D eigenvalue weighted by molar-refractivity contribution is 6.32. The molecule has 0 aliphatic rings. The molecule has 9 heteroatoms. The molecule has 33 heavy (non-hydrogen) atoms. The van der Waals surface area contributed by atoms with E-state index in [1.807, 2.05) is 43.3 Å². The Morgan fingerprint density at radius 2 is 1.85 bits per heavy atom. The zero-order valence-electron chi connectivity index (χ0n) is 18.3. The Balaban J connectivity index is 1.70. The predicted octanol–water partition coefficient (Wildman–Crippen LogP) is 4.49. The Bertz CT molecular complexity index is 1280. The van der Waals surface area contributed by atoms with Crippen molar-refractivity contribution in [1.29, 1.82) is 0 Å². The summed E-state index contributed by atoms with van der Waals surface area (Å²) in [5.41, 5.74) is 2.80. The van der Waals surface area contributed by atoms with Crippen molar-refractivity contribution in [2.24, 2.45) is 0 Å². The Hall–Kier alpha value is -3.91. The molecule has 1 amide bonds. The molecule has 0 saturated carbocycles. The van der Waals surface area contributed by atoms with Crippen molar-refractivity contribution in [3.8, 4) is 28.4 Å². The van der Waals surface area contributed by atoms with Gasteiger partial charge in [0.1, 0.15) is 5.69 Å². The smallest absolute Gasteiger partial charge is 0.274 e. The van der Waals surface area contributed by atoms with E-state index in [0.29, 0.717) is 33.5 Å². The van der Waals surface area contributed by atoms with Crippen LogP contribution in [-0.4, -0.2) is 40.1 Å². The molecule has 168 valence electrons. The van der Waals surface area contributed by atoms with Crippen LogP contribution in [0.15, 0.2) is 67.0 Å². The van der Waals surface area contributed by atoms with Gasteiger partial charge >= 0.3 is 0 Å². The van der Waals surface area contributed by atoms with Crippen LogP contribution < -0.4 is 14.8 Å². The second-order valence-electron chi connectivity index (χ2n) is 7.20. The van der Waals surface area contributed by atoms with Crippen molar-refractivity contribution in [1.82, 2.24) is 25.3 Å². The van der Waals surface area contributed by atoms with Gasteiger partial charge in [0.15, 0.2) is 17.2 Å². The number of benzene rings is 2. The number of nitrogens with zero attached hydrogens (tertiary/aromatic N) is 4. The van der Waals surface area contributed by atoms with Crippen molar-refractivity contribution in [3.63, 3.8) is 0 Å². The third-order valence-corrected chi connectivity index (χ3v) is 5.48. The number of halogens is 1. The fourth-order valence-corrected chi connectivity index (χ4v) is 3.68. The van der Waals surface area contributed by atoms with E-state index in [4.69, 9.17) is 21.1 Å². The molecule has 0 spiro atoms. The summed E-state index contributed by atoms with van der Waals surface area (Å²) in [7, 11) is 3.14. The maximum atomic E-state index is 13.3. The topological polar surface area (TPSA) is 91.2 Å². The molecule has 0 radical (unpaired) electrons. The Labute approximate surface area is 196 Å². The third kappa shape index (κ3) is 4.51. The monoisotopic (exact) mass is 463 g/mol. The van der Waals surface area contributed by atoms with Gasteiger partial charge in [0.05, 0.1) is 31.0 Å². The van der Waals surface area contributed by atoms with E-state index >= 15 is 0 Å². The van der Waals surface area contributed by atoms with Crippen LogP contribution >= 0.6 is 11.6 Å². The summed E-state index contributed by atoms with van der Waals surface area (Å²) in [4.78, 5) is 17.5. The molecular formula is C24H22ClN5O3. The van der Waals surface area contributed by atoms with Gasteiger partial charge in [0.25, 0.3) is 5.91 Å². The number of para-hydroxylation sites is 1. The number of aromatic nitrogens is 4. The minimum Gasteiger partial charge on any atom is -0.493 e. The number of hydrogen-bond donors (Lipinski definition) is 1. The molecule has 2 aromatic carbocycles. The van der Waals surface area contributed by atoms with Gasteiger partial charge in [-0.2, -0.15) is 0 Å². The number of methoxy groups -OCH3 is 2. The number of ether oxygens (including phenoxy) is 2. The van der Waals surface area contributed by atoms with Crippen molar-refractivity contribution < 1.29 is 14.3 Å². The van der Waals surface area contributed by atoms with Crippen LogP contribution in [0.5, 0.6) is 11.5 Å². The van der Waals surface area contributed by atoms with E-state index in [-0.39, 0.29) is 17.6 Å². The van der Waals surface area contributed by atoms with Crippen LogP contribution in [0, 0.1) is 0 Å². The molecule has 1 atom stereocenters. The molecule has 4 aromatic rings. The lowest BCUT2D eigenvalue weighted by Crippen LogP contribution is -2.27. The number of carbonyl (C=O) groups excluding carboxylic acids is 1. The summed E-state index contributed by atoms with van der Waals surface area (Å²) < 4.78 is 12.2. The van der Waals surface area contributed by atoms with Gasteiger partial charge in [-0.3, -0.25) is 9.78 Å².